The van der Waals surface area contributed by atoms with Crippen molar-refractivity contribution in [1.29, 1.82) is 0 Å². The van der Waals surface area contributed by atoms with Crippen molar-refractivity contribution < 1.29 is 5.11 Å². The van der Waals surface area contributed by atoms with Crippen molar-refractivity contribution in [3.63, 3.8) is 0 Å². The van der Waals surface area contributed by atoms with Crippen molar-refractivity contribution in [2.24, 2.45) is 0 Å². The summed E-state index contributed by atoms with van der Waals surface area (Å²) >= 11 is 0. The fourth-order valence-electron chi connectivity index (χ4n) is 2.89. The molecule has 18 heavy (non-hydrogen) atoms. The summed E-state index contributed by atoms with van der Waals surface area (Å²) in [5.41, 5.74) is 4.54. The third-order valence-corrected chi connectivity index (χ3v) is 3.89. The predicted octanol–water partition coefficient (Wildman–Crippen LogP) is 3.15. The van der Waals surface area contributed by atoms with Crippen LogP contribution in [0.2, 0.25) is 0 Å². The molecule has 2 heteroatoms. The molecular weight excluding hydrogens is 222 g/mol. The zero-order valence-electron chi connectivity index (χ0n) is 10.5. The maximum Gasteiger partial charge on any atom is 0.0876 e. The Balaban J connectivity index is 1.96. The molecule has 1 aliphatic carbocycles. The summed E-state index contributed by atoms with van der Waals surface area (Å²) in [6.45, 7) is 2.05. The first-order chi connectivity index (χ1) is 8.77. The van der Waals surface area contributed by atoms with Crippen LogP contribution in [0, 0.1) is 6.92 Å². The summed E-state index contributed by atoms with van der Waals surface area (Å²) in [4.78, 5) is 4.46. The van der Waals surface area contributed by atoms with Gasteiger partial charge in [0, 0.05) is 17.8 Å². The molecule has 0 aliphatic heterocycles. The zero-order valence-corrected chi connectivity index (χ0v) is 10.5. The SMILES string of the molecule is Cc1ccccc1C(O)C1CCc2cccnc21. The Hall–Kier alpha value is -1.67. The van der Waals surface area contributed by atoms with E-state index in [2.05, 4.69) is 11.1 Å². The van der Waals surface area contributed by atoms with Gasteiger partial charge in [0.05, 0.1) is 6.10 Å². The normalized spacial score (nSPS) is 19.6. The lowest BCUT2D eigenvalue weighted by Crippen LogP contribution is -2.10. The van der Waals surface area contributed by atoms with E-state index >= 15 is 0 Å². The van der Waals surface area contributed by atoms with Crippen LogP contribution in [0.25, 0.3) is 0 Å². The minimum Gasteiger partial charge on any atom is -0.388 e. The van der Waals surface area contributed by atoms with Gasteiger partial charge in [-0.1, -0.05) is 30.3 Å². The standard InChI is InChI=1S/C16H17NO/c1-11-5-2-3-7-13(11)16(18)14-9-8-12-6-4-10-17-15(12)14/h2-7,10,14,16,18H,8-9H2,1H3. The van der Waals surface area contributed by atoms with E-state index in [1.165, 1.54) is 5.56 Å². The number of nitrogens with zero attached hydrogens (tertiary/aromatic N) is 1. The number of pyridine rings is 1. The molecule has 2 unspecified atom stereocenters. The molecule has 1 aromatic heterocycles. The van der Waals surface area contributed by atoms with E-state index in [0.717, 1.165) is 29.7 Å². The van der Waals surface area contributed by atoms with E-state index in [4.69, 9.17) is 0 Å². The summed E-state index contributed by atoms with van der Waals surface area (Å²) in [5.74, 6) is 0.141. The van der Waals surface area contributed by atoms with Gasteiger partial charge in [0.1, 0.15) is 0 Å². The van der Waals surface area contributed by atoms with E-state index in [1.807, 2.05) is 43.5 Å². The quantitative estimate of drug-likeness (QED) is 0.873. The van der Waals surface area contributed by atoms with E-state index in [9.17, 15) is 5.11 Å². The lowest BCUT2D eigenvalue weighted by atomic mass is 9.91. The van der Waals surface area contributed by atoms with Crippen molar-refractivity contribution >= 4 is 0 Å². The van der Waals surface area contributed by atoms with Crippen molar-refractivity contribution in [2.45, 2.75) is 31.8 Å². The van der Waals surface area contributed by atoms with Crippen LogP contribution < -0.4 is 0 Å². The van der Waals surface area contributed by atoms with Gasteiger partial charge in [0.2, 0.25) is 0 Å². The first kappa shape index (κ1) is 11.4. The second kappa shape index (κ2) is 4.54. The summed E-state index contributed by atoms with van der Waals surface area (Å²) in [7, 11) is 0. The van der Waals surface area contributed by atoms with Crippen molar-refractivity contribution in [1.82, 2.24) is 4.98 Å². The Morgan fingerprint density at radius 3 is 2.89 bits per heavy atom. The number of rotatable bonds is 2. The largest absolute Gasteiger partial charge is 0.388 e. The van der Waals surface area contributed by atoms with Gasteiger partial charge in [-0.25, -0.2) is 0 Å². The topological polar surface area (TPSA) is 33.1 Å². The summed E-state index contributed by atoms with van der Waals surface area (Å²) in [6, 6.07) is 12.1. The number of aromatic nitrogens is 1. The van der Waals surface area contributed by atoms with Gasteiger partial charge in [-0.15, -0.1) is 0 Å². The lowest BCUT2D eigenvalue weighted by molar-refractivity contribution is 0.142. The molecule has 1 aromatic carbocycles. The highest BCUT2D eigenvalue weighted by Crippen LogP contribution is 2.40. The Bertz CT molecular complexity index is 565. The predicted molar refractivity (Wildman–Crippen MR) is 71.4 cm³/mol. The molecule has 1 heterocycles. The smallest absolute Gasteiger partial charge is 0.0876 e. The molecule has 3 rings (SSSR count). The van der Waals surface area contributed by atoms with Crippen LogP contribution in [0.1, 0.15) is 40.8 Å². The van der Waals surface area contributed by atoms with Crippen LogP contribution in [0.5, 0.6) is 0 Å². The van der Waals surface area contributed by atoms with Gasteiger partial charge >= 0.3 is 0 Å². The maximum atomic E-state index is 10.6. The maximum absolute atomic E-state index is 10.6. The first-order valence-corrected chi connectivity index (χ1v) is 6.45. The number of hydrogen-bond acceptors (Lipinski definition) is 2. The zero-order chi connectivity index (χ0) is 12.5. The Morgan fingerprint density at radius 2 is 2.06 bits per heavy atom. The molecule has 92 valence electrons. The van der Waals surface area contributed by atoms with Crippen LogP contribution in [-0.4, -0.2) is 10.1 Å². The molecule has 0 spiro atoms. The van der Waals surface area contributed by atoms with E-state index in [0.29, 0.717) is 0 Å². The molecule has 0 saturated carbocycles. The summed E-state index contributed by atoms with van der Waals surface area (Å²) < 4.78 is 0. The van der Waals surface area contributed by atoms with Gasteiger partial charge < -0.3 is 5.11 Å². The number of hydrogen-bond donors (Lipinski definition) is 1. The lowest BCUT2D eigenvalue weighted by Gasteiger charge is -2.20. The highest BCUT2D eigenvalue weighted by atomic mass is 16.3. The molecular formula is C16H17NO. The van der Waals surface area contributed by atoms with E-state index in [1.54, 1.807) is 0 Å². The number of aryl methyl sites for hydroxylation is 2. The number of aliphatic hydroxyl groups is 1. The molecule has 0 saturated heterocycles. The molecule has 0 fully saturated rings. The molecule has 2 aromatic rings. The van der Waals surface area contributed by atoms with Gasteiger partial charge in [-0.3, -0.25) is 4.98 Å². The fraction of sp³-hybridized carbons (Fsp3) is 0.312. The molecule has 1 N–H and O–H groups in total. The second-order valence-corrected chi connectivity index (χ2v) is 4.99. The van der Waals surface area contributed by atoms with Gasteiger partial charge in [0.25, 0.3) is 0 Å². The third kappa shape index (κ3) is 1.83. The number of fused-ring (bicyclic) bond motifs is 1. The third-order valence-electron chi connectivity index (χ3n) is 3.89. The Kier molecular flexibility index (Phi) is 2.88. The molecule has 0 radical (unpaired) electrons. The van der Waals surface area contributed by atoms with E-state index in [-0.39, 0.29) is 5.92 Å². The monoisotopic (exact) mass is 239 g/mol. The summed E-state index contributed by atoms with van der Waals surface area (Å²) in [6.07, 6.45) is 3.39. The first-order valence-electron chi connectivity index (χ1n) is 6.45. The van der Waals surface area contributed by atoms with Crippen molar-refractivity contribution in [3.05, 3.63) is 65.0 Å². The van der Waals surface area contributed by atoms with Crippen LogP contribution in [0.15, 0.2) is 42.6 Å². The van der Waals surface area contributed by atoms with Crippen LogP contribution in [0.4, 0.5) is 0 Å². The summed E-state index contributed by atoms with van der Waals surface area (Å²) in [5, 5.41) is 10.6. The van der Waals surface area contributed by atoms with Crippen molar-refractivity contribution in [3.8, 4) is 0 Å². The number of aliphatic hydroxyl groups excluding tert-OH is 1. The Morgan fingerprint density at radius 1 is 1.22 bits per heavy atom. The number of benzene rings is 1. The molecule has 0 bridgehead atoms. The van der Waals surface area contributed by atoms with Crippen LogP contribution >= 0.6 is 0 Å². The van der Waals surface area contributed by atoms with Gasteiger partial charge in [0.15, 0.2) is 0 Å². The van der Waals surface area contributed by atoms with Crippen LogP contribution in [-0.2, 0) is 6.42 Å². The molecule has 1 aliphatic rings. The average Bonchev–Trinajstić information content (AvgIpc) is 2.82. The minimum atomic E-state index is -0.442. The van der Waals surface area contributed by atoms with Crippen molar-refractivity contribution in [2.75, 3.05) is 0 Å². The van der Waals surface area contributed by atoms with Crippen LogP contribution in [0.3, 0.4) is 0 Å². The van der Waals surface area contributed by atoms with E-state index < -0.39 is 6.10 Å². The highest BCUT2D eigenvalue weighted by Gasteiger charge is 2.31. The minimum absolute atomic E-state index is 0.141. The highest BCUT2D eigenvalue weighted by molar-refractivity contribution is 5.35. The molecule has 2 atom stereocenters. The van der Waals surface area contributed by atoms with Gasteiger partial charge in [-0.2, -0.15) is 0 Å². The second-order valence-electron chi connectivity index (χ2n) is 4.99. The van der Waals surface area contributed by atoms with Gasteiger partial charge in [-0.05, 0) is 42.5 Å². The Labute approximate surface area is 107 Å². The molecule has 2 nitrogen and oxygen atoms in total. The molecule has 0 amide bonds. The average molecular weight is 239 g/mol. The fourth-order valence-corrected chi connectivity index (χ4v) is 2.89.